The van der Waals surface area contributed by atoms with Gasteiger partial charge in [0.2, 0.25) is 10.0 Å². The van der Waals surface area contributed by atoms with Gasteiger partial charge in [-0.15, -0.1) is 12.4 Å². The van der Waals surface area contributed by atoms with Gasteiger partial charge in [0, 0.05) is 13.1 Å². The van der Waals surface area contributed by atoms with E-state index in [9.17, 15) is 13.2 Å². The molecule has 1 heterocycles. The van der Waals surface area contributed by atoms with Gasteiger partial charge in [-0.3, -0.25) is 0 Å². The summed E-state index contributed by atoms with van der Waals surface area (Å²) in [6.45, 7) is 1.58. The van der Waals surface area contributed by atoms with Crippen molar-refractivity contribution in [3.8, 4) is 5.75 Å². The zero-order valence-corrected chi connectivity index (χ0v) is 15.6. The van der Waals surface area contributed by atoms with Gasteiger partial charge in [-0.2, -0.15) is 4.31 Å². The van der Waals surface area contributed by atoms with Crippen molar-refractivity contribution in [1.29, 1.82) is 0 Å². The highest BCUT2D eigenvalue weighted by molar-refractivity contribution is 7.89. The number of piperidine rings is 1. The third-order valence-electron chi connectivity index (χ3n) is 4.08. The van der Waals surface area contributed by atoms with Crippen LogP contribution in [0.3, 0.4) is 0 Å². The van der Waals surface area contributed by atoms with Crippen LogP contribution in [0.5, 0.6) is 5.75 Å². The van der Waals surface area contributed by atoms with E-state index >= 15 is 0 Å². The second kappa shape index (κ2) is 8.66. The second-order valence-corrected chi connectivity index (χ2v) is 7.35. The summed E-state index contributed by atoms with van der Waals surface area (Å²) in [6, 6.07) is 4.16. The Morgan fingerprint density at radius 1 is 1.25 bits per heavy atom. The number of hydrogen-bond donors (Lipinski definition) is 1. The first-order valence-corrected chi connectivity index (χ1v) is 8.81. The Balaban J connectivity index is 0.00000288. The molecule has 0 spiro atoms. The quantitative estimate of drug-likeness (QED) is 0.777. The van der Waals surface area contributed by atoms with E-state index in [-0.39, 0.29) is 34.7 Å². The molecule has 1 aliphatic heterocycles. The topological polar surface area (TPSA) is 84.9 Å². The molecule has 136 valence electrons. The predicted octanol–water partition coefficient (Wildman–Crippen LogP) is 1.28. The number of carbonyl (C=O) groups is 1. The first-order valence-electron chi connectivity index (χ1n) is 7.37. The van der Waals surface area contributed by atoms with Crippen LogP contribution < -0.4 is 10.1 Å². The molecule has 1 aromatic rings. The highest BCUT2D eigenvalue weighted by atomic mass is 35.5. The van der Waals surface area contributed by atoms with Crippen molar-refractivity contribution >= 4 is 28.4 Å². The molecule has 9 heteroatoms. The minimum Gasteiger partial charge on any atom is -0.496 e. The lowest BCUT2D eigenvalue weighted by Crippen LogP contribution is -2.43. The van der Waals surface area contributed by atoms with Crippen molar-refractivity contribution in [1.82, 2.24) is 9.62 Å². The van der Waals surface area contributed by atoms with E-state index in [0.29, 0.717) is 0 Å². The maximum absolute atomic E-state index is 12.8. The molecule has 0 aliphatic carbocycles. The summed E-state index contributed by atoms with van der Waals surface area (Å²) < 4.78 is 36.8. The fraction of sp³-hybridized carbons (Fsp3) is 0.533. The number of carbonyl (C=O) groups excluding carboxylic acids is 1. The number of benzene rings is 1. The van der Waals surface area contributed by atoms with Crippen LogP contribution in [0.1, 0.15) is 23.2 Å². The number of rotatable bonds is 5. The molecule has 0 saturated carbocycles. The summed E-state index contributed by atoms with van der Waals surface area (Å²) in [5.74, 6) is -0.358. The van der Waals surface area contributed by atoms with Crippen molar-refractivity contribution in [2.24, 2.45) is 0 Å². The number of nitrogens with zero attached hydrogens (tertiary/aromatic N) is 1. The lowest BCUT2D eigenvalue weighted by atomic mass is 10.1. The first-order chi connectivity index (χ1) is 10.9. The maximum Gasteiger partial charge on any atom is 0.341 e. The van der Waals surface area contributed by atoms with Crippen molar-refractivity contribution in [2.75, 3.05) is 34.4 Å². The lowest BCUT2D eigenvalue weighted by Gasteiger charge is -2.31. The molecule has 0 radical (unpaired) electrons. The van der Waals surface area contributed by atoms with Crippen LogP contribution in [0.25, 0.3) is 0 Å². The molecule has 1 aliphatic rings. The van der Waals surface area contributed by atoms with Crippen LogP contribution in [0.4, 0.5) is 0 Å². The molecule has 0 aromatic heterocycles. The van der Waals surface area contributed by atoms with Crippen LogP contribution in [0.15, 0.2) is 23.1 Å². The summed E-state index contributed by atoms with van der Waals surface area (Å²) in [5.41, 5.74) is 0.0924. The van der Waals surface area contributed by atoms with Crippen LogP contribution in [0, 0.1) is 0 Å². The van der Waals surface area contributed by atoms with Crippen LogP contribution in [0.2, 0.25) is 0 Å². The van der Waals surface area contributed by atoms with Gasteiger partial charge < -0.3 is 14.8 Å². The molecule has 2 rings (SSSR count). The summed E-state index contributed by atoms with van der Waals surface area (Å²) in [6.07, 6.45) is 1.52. The van der Waals surface area contributed by atoms with Crippen molar-refractivity contribution in [3.05, 3.63) is 23.8 Å². The van der Waals surface area contributed by atoms with Crippen LogP contribution >= 0.6 is 12.4 Å². The SMILES string of the molecule is COC(=O)c1cc(S(=O)(=O)N(C)C2CCNCC2)ccc1OC.Cl. The second-order valence-electron chi connectivity index (χ2n) is 5.36. The Morgan fingerprint density at radius 3 is 2.42 bits per heavy atom. The summed E-state index contributed by atoms with van der Waals surface area (Å²) in [7, 11) is 0.545. The third-order valence-corrected chi connectivity index (χ3v) is 5.98. The number of hydrogen-bond acceptors (Lipinski definition) is 6. The summed E-state index contributed by atoms with van der Waals surface area (Å²) in [5, 5.41) is 3.21. The molecule has 7 nitrogen and oxygen atoms in total. The molecule has 1 N–H and O–H groups in total. The number of methoxy groups -OCH3 is 2. The van der Waals surface area contributed by atoms with Crippen molar-refractivity contribution in [2.45, 2.75) is 23.8 Å². The average molecular weight is 379 g/mol. The lowest BCUT2D eigenvalue weighted by molar-refractivity contribution is 0.0597. The molecule has 1 saturated heterocycles. The van der Waals surface area contributed by atoms with Gasteiger partial charge in [-0.05, 0) is 44.1 Å². The molecule has 0 unspecified atom stereocenters. The van der Waals surface area contributed by atoms with Gasteiger partial charge >= 0.3 is 5.97 Å². The molecular formula is C15H23ClN2O5S. The Bertz CT molecular complexity index is 674. The van der Waals surface area contributed by atoms with E-state index in [1.54, 1.807) is 7.05 Å². The minimum absolute atomic E-state index is 0. The Labute approximate surface area is 148 Å². The molecule has 0 bridgehead atoms. The zero-order chi connectivity index (χ0) is 17.0. The van der Waals surface area contributed by atoms with Crippen LogP contribution in [-0.2, 0) is 14.8 Å². The fourth-order valence-electron chi connectivity index (χ4n) is 2.65. The van der Waals surface area contributed by atoms with Gasteiger partial charge in [-0.25, -0.2) is 13.2 Å². The monoisotopic (exact) mass is 378 g/mol. The highest BCUT2D eigenvalue weighted by Crippen LogP contribution is 2.26. The average Bonchev–Trinajstić information content (AvgIpc) is 2.60. The Morgan fingerprint density at radius 2 is 1.88 bits per heavy atom. The molecule has 0 amide bonds. The number of nitrogens with one attached hydrogen (secondary N) is 1. The zero-order valence-electron chi connectivity index (χ0n) is 13.9. The Kier molecular flexibility index (Phi) is 7.47. The molecular weight excluding hydrogens is 356 g/mol. The normalized spacial score (nSPS) is 15.7. The number of ether oxygens (including phenoxy) is 2. The van der Waals surface area contributed by atoms with E-state index in [2.05, 4.69) is 10.1 Å². The van der Waals surface area contributed by atoms with Crippen LogP contribution in [-0.4, -0.2) is 59.1 Å². The first kappa shape index (κ1) is 20.7. The number of esters is 1. The maximum atomic E-state index is 12.8. The smallest absolute Gasteiger partial charge is 0.341 e. The number of sulfonamides is 1. The van der Waals surface area contributed by atoms with E-state index in [4.69, 9.17) is 4.74 Å². The van der Waals surface area contributed by atoms with E-state index in [0.717, 1.165) is 25.9 Å². The predicted molar refractivity (Wildman–Crippen MR) is 92.4 cm³/mol. The fourth-order valence-corrected chi connectivity index (χ4v) is 4.09. The third kappa shape index (κ3) is 4.18. The summed E-state index contributed by atoms with van der Waals surface area (Å²) >= 11 is 0. The van der Waals surface area contributed by atoms with Crippen molar-refractivity contribution < 1.29 is 22.7 Å². The minimum atomic E-state index is -3.69. The Hall–Kier alpha value is -1.35. The van der Waals surface area contributed by atoms with Gasteiger partial charge in [0.15, 0.2) is 0 Å². The summed E-state index contributed by atoms with van der Waals surface area (Å²) in [4.78, 5) is 11.9. The van der Waals surface area contributed by atoms with Gasteiger partial charge in [0.25, 0.3) is 0 Å². The van der Waals surface area contributed by atoms with Crippen molar-refractivity contribution in [3.63, 3.8) is 0 Å². The van der Waals surface area contributed by atoms with Gasteiger partial charge in [0.1, 0.15) is 11.3 Å². The molecule has 0 atom stereocenters. The molecule has 1 fully saturated rings. The molecule has 24 heavy (non-hydrogen) atoms. The highest BCUT2D eigenvalue weighted by Gasteiger charge is 2.30. The van der Waals surface area contributed by atoms with E-state index < -0.39 is 16.0 Å². The number of halogens is 1. The van der Waals surface area contributed by atoms with E-state index in [1.807, 2.05) is 0 Å². The van der Waals surface area contributed by atoms with E-state index in [1.165, 1.54) is 36.7 Å². The standard InChI is InChI=1S/C15H22N2O5S.ClH/c1-17(11-6-8-16-9-7-11)23(19,20)12-4-5-14(21-2)13(10-12)15(18)22-3;/h4-5,10-11,16H,6-9H2,1-3H3;1H. The van der Waals surface area contributed by atoms with Gasteiger partial charge in [0.05, 0.1) is 19.1 Å². The largest absolute Gasteiger partial charge is 0.496 e. The van der Waals surface area contributed by atoms with Gasteiger partial charge in [-0.1, -0.05) is 0 Å². The molecule has 1 aromatic carbocycles.